The first-order chi connectivity index (χ1) is 10.1. The minimum atomic E-state index is 0.00468. The lowest BCUT2D eigenvalue weighted by atomic mass is 10.1. The Labute approximate surface area is 128 Å². The van der Waals surface area contributed by atoms with Gasteiger partial charge in [-0.25, -0.2) is 4.98 Å². The second-order valence-electron chi connectivity index (χ2n) is 5.80. The molecule has 112 valence electrons. The van der Waals surface area contributed by atoms with Gasteiger partial charge in [0.1, 0.15) is 9.71 Å². The topological polar surface area (TPSA) is 62.5 Å². The monoisotopic (exact) mass is 304 g/mol. The molecule has 1 fully saturated rings. The number of carbonyl (C=O) groups excluding carboxylic acids is 1. The summed E-state index contributed by atoms with van der Waals surface area (Å²) in [6.45, 7) is 2.95. The fourth-order valence-corrected chi connectivity index (χ4v) is 3.99. The molecule has 1 amide bonds. The highest BCUT2D eigenvalue weighted by atomic mass is 32.1. The molecule has 1 atom stereocenters. The van der Waals surface area contributed by atoms with Gasteiger partial charge < -0.3 is 15.5 Å². The van der Waals surface area contributed by atoms with E-state index in [9.17, 15) is 4.79 Å². The van der Waals surface area contributed by atoms with E-state index in [1.807, 2.05) is 19.2 Å². The van der Waals surface area contributed by atoms with E-state index in [2.05, 4.69) is 16.9 Å². The highest BCUT2D eigenvalue weighted by molar-refractivity contribution is 7.21. The Hall–Kier alpha value is -1.66. The van der Waals surface area contributed by atoms with Crippen LogP contribution in [0.1, 0.15) is 16.1 Å². The highest BCUT2D eigenvalue weighted by Gasteiger charge is 2.25. The molecule has 0 radical (unpaired) electrons. The fraction of sp³-hybridized carbons (Fsp3) is 0.467. The maximum Gasteiger partial charge on any atom is 0.265 e. The molecule has 3 heterocycles. The van der Waals surface area contributed by atoms with Gasteiger partial charge in [-0.2, -0.15) is 0 Å². The molecular weight excluding hydrogens is 284 g/mol. The summed E-state index contributed by atoms with van der Waals surface area (Å²) in [7, 11) is 3.98. The molecule has 0 aromatic carbocycles. The van der Waals surface area contributed by atoms with Crippen molar-refractivity contribution in [2.45, 2.75) is 6.42 Å². The molecule has 0 bridgehead atoms. The number of likely N-dealkylation sites (tertiary alicyclic amines) is 1. The summed E-state index contributed by atoms with van der Waals surface area (Å²) >= 11 is 1.38. The van der Waals surface area contributed by atoms with Gasteiger partial charge in [0, 0.05) is 31.7 Å². The van der Waals surface area contributed by atoms with Crippen LogP contribution in [-0.2, 0) is 0 Å². The Balaban J connectivity index is 1.78. The van der Waals surface area contributed by atoms with Crippen molar-refractivity contribution in [3.8, 4) is 0 Å². The lowest BCUT2D eigenvalue weighted by Crippen LogP contribution is -2.32. The fourth-order valence-electron chi connectivity index (χ4n) is 2.93. The maximum atomic E-state index is 12.6. The van der Waals surface area contributed by atoms with Crippen molar-refractivity contribution < 1.29 is 4.79 Å². The minimum absolute atomic E-state index is 0.00468. The lowest BCUT2D eigenvalue weighted by molar-refractivity contribution is 0.0780. The van der Waals surface area contributed by atoms with Crippen LogP contribution >= 0.6 is 11.3 Å². The third kappa shape index (κ3) is 2.73. The van der Waals surface area contributed by atoms with Gasteiger partial charge in [0.05, 0.1) is 5.69 Å². The number of nitrogens with zero attached hydrogens (tertiary/aromatic N) is 3. The average Bonchev–Trinajstić information content (AvgIpc) is 3.03. The predicted octanol–water partition coefficient (Wildman–Crippen LogP) is 1.90. The zero-order valence-corrected chi connectivity index (χ0v) is 13.2. The van der Waals surface area contributed by atoms with E-state index in [4.69, 9.17) is 5.73 Å². The number of anilines is 1. The first-order valence-corrected chi connectivity index (χ1v) is 7.95. The van der Waals surface area contributed by atoms with Gasteiger partial charge in [-0.15, -0.1) is 11.3 Å². The van der Waals surface area contributed by atoms with Crippen LogP contribution < -0.4 is 5.73 Å². The van der Waals surface area contributed by atoms with Crippen LogP contribution in [0.3, 0.4) is 0 Å². The Kier molecular flexibility index (Phi) is 3.82. The van der Waals surface area contributed by atoms with Crippen LogP contribution in [-0.4, -0.2) is 54.4 Å². The summed E-state index contributed by atoms with van der Waals surface area (Å²) < 4.78 is 0. The van der Waals surface area contributed by atoms with Crippen molar-refractivity contribution in [3.05, 3.63) is 23.2 Å². The van der Waals surface area contributed by atoms with Crippen LogP contribution in [0.15, 0.2) is 18.3 Å². The quantitative estimate of drug-likeness (QED) is 0.941. The summed E-state index contributed by atoms with van der Waals surface area (Å²) in [5, 5.41) is 0.875. The summed E-state index contributed by atoms with van der Waals surface area (Å²) in [4.78, 5) is 22.4. The van der Waals surface area contributed by atoms with E-state index in [-0.39, 0.29) is 5.91 Å². The molecule has 1 aliphatic rings. The number of nitrogen functional groups attached to an aromatic ring is 1. The molecule has 5 nitrogen and oxygen atoms in total. The number of hydrogen-bond acceptors (Lipinski definition) is 5. The highest BCUT2D eigenvalue weighted by Crippen LogP contribution is 2.32. The molecule has 1 saturated heterocycles. The molecule has 1 unspecified atom stereocenters. The van der Waals surface area contributed by atoms with Crippen LogP contribution in [0.4, 0.5) is 5.69 Å². The van der Waals surface area contributed by atoms with E-state index >= 15 is 0 Å². The third-order valence-electron chi connectivity index (χ3n) is 4.07. The van der Waals surface area contributed by atoms with Crippen LogP contribution in [0.25, 0.3) is 10.2 Å². The Morgan fingerprint density at radius 3 is 3.10 bits per heavy atom. The van der Waals surface area contributed by atoms with Crippen molar-refractivity contribution >= 4 is 33.1 Å². The van der Waals surface area contributed by atoms with E-state index in [0.29, 0.717) is 16.5 Å². The molecule has 6 heteroatoms. The van der Waals surface area contributed by atoms with Crippen LogP contribution in [0, 0.1) is 5.92 Å². The Morgan fingerprint density at radius 1 is 1.62 bits per heavy atom. The smallest absolute Gasteiger partial charge is 0.265 e. The van der Waals surface area contributed by atoms with Crippen LogP contribution in [0.5, 0.6) is 0 Å². The second kappa shape index (κ2) is 5.61. The van der Waals surface area contributed by atoms with Crippen molar-refractivity contribution in [3.63, 3.8) is 0 Å². The summed E-state index contributed by atoms with van der Waals surface area (Å²) in [5.74, 6) is 0.558. The predicted molar refractivity (Wildman–Crippen MR) is 86.6 cm³/mol. The number of nitrogens with two attached hydrogens (primary N) is 1. The zero-order valence-electron chi connectivity index (χ0n) is 12.4. The number of aromatic nitrogens is 1. The second-order valence-corrected chi connectivity index (χ2v) is 6.80. The molecule has 1 aliphatic heterocycles. The largest absolute Gasteiger partial charge is 0.397 e. The minimum Gasteiger partial charge on any atom is -0.397 e. The molecule has 0 saturated carbocycles. The summed E-state index contributed by atoms with van der Waals surface area (Å²) in [5.41, 5.74) is 6.68. The van der Waals surface area contributed by atoms with E-state index < -0.39 is 0 Å². The van der Waals surface area contributed by atoms with E-state index in [0.717, 1.165) is 36.3 Å². The van der Waals surface area contributed by atoms with Crippen molar-refractivity contribution in [1.82, 2.24) is 14.8 Å². The van der Waals surface area contributed by atoms with Gasteiger partial charge in [0.15, 0.2) is 0 Å². The van der Waals surface area contributed by atoms with Gasteiger partial charge in [0.25, 0.3) is 5.91 Å². The molecule has 2 N–H and O–H groups in total. The maximum absolute atomic E-state index is 12.6. The molecule has 2 aromatic rings. The normalized spacial score (nSPS) is 19.2. The van der Waals surface area contributed by atoms with Gasteiger partial charge in [-0.3, -0.25) is 4.79 Å². The number of amides is 1. The number of thiophene rings is 1. The van der Waals surface area contributed by atoms with Gasteiger partial charge in [-0.05, 0) is 38.1 Å². The van der Waals surface area contributed by atoms with Gasteiger partial charge in [0.2, 0.25) is 0 Å². The molecule has 0 spiro atoms. The molecule has 0 aliphatic carbocycles. The molecule has 2 aromatic heterocycles. The zero-order chi connectivity index (χ0) is 15.0. The molecule has 21 heavy (non-hydrogen) atoms. The number of carbonyl (C=O) groups is 1. The van der Waals surface area contributed by atoms with E-state index in [1.165, 1.54) is 11.3 Å². The summed E-state index contributed by atoms with van der Waals surface area (Å²) in [6.07, 6.45) is 2.88. The SMILES string of the molecule is CN1CCC(CN(C)C(=O)c2sc3ncccc3c2N)C1. The molecule has 3 rings (SSSR count). The Morgan fingerprint density at radius 2 is 2.43 bits per heavy atom. The number of pyridine rings is 1. The van der Waals surface area contributed by atoms with E-state index in [1.54, 1.807) is 11.1 Å². The molecular formula is C15H20N4OS. The number of hydrogen-bond donors (Lipinski definition) is 1. The first-order valence-electron chi connectivity index (χ1n) is 7.13. The van der Waals surface area contributed by atoms with Crippen molar-refractivity contribution in [2.24, 2.45) is 5.92 Å². The number of fused-ring (bicyclic) bond motifs is 1. The third-order valence-corrected chi connectivity index (χ3v) is 5.18. The standard InChI is InChI=1S/C15H20N4OS/c1-18-7-5-10(8-18)9-19(2)15(20)13-12(16)11-4-3-6-17-14(11)21-13/h3-4,6,10H,5,7-9,16H2,1-2H3. The van der Waals surface area contributed by atoms with Crippen molar-refractivity contribution in [2.75, 3.05) is 39.5 Å². The van der Waals surface area contributed by atoms with Gasteiger partial charge in [-0.1, -0.05) is 0 Å². The van der Waals surface area contributed by atoms with Crippen LogP contribution in [0.2, 0.25) is 0 Å². The first kappa shape index (κ1) is 14.3. The lowest BCUT2D eigenvalue weighted by Gasteiger charge is -2.20. The van der Waals surface area contributed by atoms with Crippen molar-refractivity contribution in [1.29, 1.82) is 0 Å². The summed E-state index contributed by atoms with van der Waals surface area (Å²) in [6, 6.07) is 3.76. The number of rotatable bonds is 3. The van der Waals surface area contributed by atoms with Gasteiger partial charge >= 0.3 is 0 Å². The average molecular weight is 304 g/mol. The Bertz CT molecular complexity index is 669.